The van der Waals surface area contributed by atoms with Crippen LogP contribution < -0.4 is 0 Å². The Balaban J connectivity index is 2.44. The van der Waals surface area contributed by atoms with Crippen LogP contribution in [-0.4, -0.2) is 23.1 Å². The Labute approximate surface area is 170 Å². The molecule has 0 bridgehead atoms. The molecule has 0 fully saturated rings. The number of carboxylic acid groups (broad SMARTS) is 1. The van der Waals surface area contributed by atoms with E-state index in [1.807, 2.05) is 0 Å². The van der Waals surface area contributed by atoms with Gasteiger partial charge in [-0.05, 0) is 37.3 Å². The standard InChI is InChI=1S/C24H38O4/c1-4-5-15-20(16-11-9-7-6-8-10-14-19(2)3)28-24(27)22-18-13-12-17-21(22)23(25)26/h12-13,17-20H,4-11,14-16H2,1-3H3,(H,25,26). The number of unbranched alkanes of at least 4 members (excludes halogenated alkanes) is 6. The fourth-order valence-electron chi connectivity index (χ4n) is 3.39. The molecule has 0 aliphatic rings. The van der Waals surface area contributed by atoms with Gasteiger partial charge in [-0.3, -0.25) is 0 Å². The molecule has 0 aliphatic carbocycles. The van der Waals surface area contributed by atoms with Crippen LogP contribution >= 0.6 is 0 Å². The first-order chi connectivity index (χ1) is 13.5. The van der Waals surface area contributed by atoms with Gasteiger partial charge in [0.1, 0.15) is 6.10 Å². The molecule has 0 aliphatic heterocycles. The molecule has 0 amide bonds. The number of hydrogen-bond donors (Lipinski definition) is 1. The molecule has 0 saturated heterocycles. The van der Waals surface area contributed by atoms with Gasteiger partial charge in [-0.25, -0.2) is 9.59 Å². The van der Waals surface area contributed by atoms with Crippen LogP contribution in [0.1, 0.15) is 112 Å². The highest BCUT2D eigenvalue weighted by molar-refractivity contribution is 6.02. The highest BCUT2D eigenvalue weighted by Crippen LogP contribution is 2.19. The first kappa shape index (κ1) is 24.2. The third-order valence-electron chi connectivity index (χ3n) is 5.09. The lowest BCUT2D eigenvalue weighted by Gasteiger charge is -2.18. The molecule has 1 N–H and O–H groups in total. The molecule has 4 heteroatoms. The van der Waals surface area contributed by atoms with Gasteiger partial charge >= 0.3 is 11.9 Å². The van der Waals surface area contributed by atoms with E-state index in [0.29, 0.717) is 0 Å². The zero-order valence-electron chi connectivity index (χ0n) is 17.9. The summed E-state index contributed by atoms with van der Waals surface area (Å²) in [6, 6.07) is 6.26. The Hall–Kier alpha value is -1.84. The summed E-state index contributed by atoms with van der Waals surface area (Å²) in [7, 11) is 0. The van der Waals surface area contributed by atoms with Crippen molar-refractivity contribution >= 4 is 11.9 Å². The van der Waals surface area contributed by atoms with E-state index in [4.69, 9.17) is 4.74 Å². The maximum atomic E-state index is 12.5. The summed E-state index contributed by atoms with van der Waals surface area (Å²) >= 11 is 0. The summed E-state index contributed by atoms with van der Waals surface area (Å²) in [5, 5.41) is 9.27. The van der Waals surface area contributed by atoms with Crippen LogP contribution in [0.25, 0.3) is 0 Å². The van der Waals surface area contributed by atoms with E-state index in [9.17, 15) is 14.7 Å². The average Bonchev–Trinajstić information content (AvgIpc) is 2.67. The number of carbonyl (C=O) groups is 2. The van der Waals surface area contributed by atoms with Crippen molar-refractivity contribution in [2.75, 3.05) is 0 Å². The normalized spacial score (nSPS) is 12.1. The van der Waals surface area contributed by atoms with Gasteiger partial charge in [0, 0.05) is 0 Å². The van der Waals surface area contributed by atoms with Crippen LogP contribution in [0.5, 0.6) is 0 Å². The van der Waals surface area contributed by atoms with Gasteiger partial charge in [0.2, 0.25) is 0 Å². The number of esters is 1. The lowest BCUT2D eigenvalue weighted by Crippen LogP contribution is -2.20. The van der Waals surface area contributed by atoms with Gasteiger partial charge in [0.15, 0.2) is 0 Å². The summed E-state index contributed by atoms with van der Waals surface area (Å²) < 4.78 is 5.70. The minimum Gasteiger partial charge on any atom is -0.478 e. The van der Waals surface area contributed by atoms with Gasteiger partial charge < -0.3 is 9.84 Å². The molecule has 1 unspecified atom stereocenters. The molecule has 158 valence electrons. The van der Waals surface area contributed by atoms with Crippen molar-refractivity contribution in [3.63, 3.8) is 0 Å². The minimum absolute atomic E-state index is 0.00291. The Bertz CT molecular complexity index is 580. The quantitative estimate of drug-likeness (QED) is 0.262. The first-order valence-corrected chi connectivity index (χ1v) is 11.0. The number of carboxylic acids is 1. The van der Waals surface area contributed by atoms with Crippen LogP contribution in [-0.2, 0) is 4.74 Å². The van der Waals surface area contributed by atoms with Gasteiger partial charge in [0.25, 0.3) is 0 Å². The van der Waals surface area contributed by atoms with Crippen molar-refractivity contribution in [1.29, 1.82) is 0 Å². The summed E-state index contributed by atoms with van der Waals surface area (Å²) in [4.78, 5) is 23.9. The zero-order valence-corrected chi connectivity index (χ0v) is 17.9. The van der Waals surface area contributed by atoms with Crippen LogP contribution in [0, 0.1) is 5.92 Å². The molecule has 28 heavy (non-hydrogen) atoms. The van der Waals surface area contributed by atoms with E-state index in [0.717, 1.165) is 44.4 Å². The molecule has 1 atom stereocenters. The number of carbonyl (C=O) groups excluding carboxylic acids is 1. The number of benzene rings is 1. The number of hydrogen-bond acceptors (Lipinski definition) is 3. The third kappa shape index (κ3) is 9.91. The predicted octanol–water partition coefficient (Wildman–Crippen LogP) is 6.88. The summed E-state index contributed by atoms with van der Waals surface area (Å²) in [6.07, 6.45) is 12.3. The van der Waals surface area contributed by atoms with Gasteiger partial charge in [-0.1, -0.05) is 84.3 Å². The molecule has 4 nitrogen and oxygen atoms in total. The second kappa shape index (κ2) is 14.2. The summed E-state index contributed by atoms with van der Waals surface area (Å²) in [5.74, 6) is -0.830. The smallest absolute Gasteiger partial charge is 0.339 e. The van der Waals surface area contributed by atoms with Crippen molar-refractivity contribution < 1.29 is 19.4 Å². The average molecular weight is 391 g/mol. The molecule has 0 spiro atoms. The molecule has 0 aromatic heterocycles. The highest BCUT2D eigenvalue weighted by Gasteiger charge is 2.20. The molecule has 0 heterocycles. The molecule has 1 rings (SSSR count). The maximum absolute atomic E-state index is 12.5. The maximum Gasteiger partial charge on any atom is 0.339 e. The monoisotopic (exact) mass is 390 g/mol. The van der Waals surface area contributed by atoms with Crippen molar-refractivity contribution in [3.05, 3.63) is 35.4 Å². The third-order valence-corrected chi connectivity index (χ3v) is 5.09. The second-order valence-electron chi connectivity index (χ2n) is 8.11. The van der Waals surface area contributed by atoms with E-state index in [-0.39, 0.29) is 17.2 Å². The largest absolute Gasteiger partial charge is 0.478 e. The minimum atomic E-state index is -1.10. The molecular formula is C24H38O4. The van der Waals surface area contributed by atoms with E-state index < -0.39 is 11.9 Å². The van der Waals surface area contributed by atoms with Crippen molar-refractivity contribution in [3.8, 4) is 0 Å². The lowest BCUT2D eigenvalue weighted by atomic mass is 10.0. The molecule has 1 aromatic carbocycles. The Morgan fingerprint density at radius 2 is 1.39 bits per heavy atom. The van der Waals surface area contributed by atoms with Crippen molar-refractivity contribution in [2.24, 2.45) is 5.92 Å². The van der Waals surface area contributed by atoms with Crippen LogP contribution in [0.15, 0.2) is 24.3 Å². The Morgan fingerprint density at radius 1 is 0.857 bits per heavy atom. The van der Waals surface area contributed by atoms with Gasteiger partial charge in [0.05, 0.1) is 11.1 Å². The van der Waals surface area contributed by atoms with Crippen molar-refractivity contribution in [2.45, 2.75) is 97.5 Å². The van der Waals surface area contributed by atoms with Crippen molar-refractivity contribution in [1.82, 2.24) is 0 Å². The number of aromatic carboxylic acids is 1. The van der Waals surface area contributed by atoms with Gasteiger partial charge in [-0.2, -0.15) is 0 Å². The Morgan fingerprint density at radius 3 is 1.96 bits per heavy atom. The molecule has 1 aromatic rings. The number of ether oxygens (including phenoxy) is 1. The lowest BCUT2D eigenvalue weighted by molar-refractivity contribution is 0.0245. The van der Waals surface area contributed by atoms with E-state index in [2.05, 4.69) is 20.8 Å². The predicted molar refractivity (Wildman–Crippen MR) is 114 cm³/mol. The second-order valence-corrected chi connectivity index (χ2v) is 8.11. The fraction of sp³-hybridized carbons (Fsp3) is 0.667. The topological polar surface area (TPSA) is 63.6 Å². The van der Waals surface area contributed by atoms with Gasteiger partial charge in [-0.15, -0.1) is 0 Å². The molecular weight excluding hydrogens is 352 g/mol. The van der Waals surface area contributed by atoms with Crippen LogP contribution in [0.2, 0.25) is 0 Å². The van der Waals surface area contributed by atoms with E-state index in [1.54, 1.807) is 12.1 Å². The van der Waals surface area contributed by atoms with E-state index >= 15 is 0 Å². The number of rotatable bonds is 15. The molecule has 0 saturated carbocycles. The highest BCUT2D eigenvalue weighted by atomic mass is 16.5. The van der Waals surface area contributed by atoms with Crippen LogP contribution in [0.4, 0.5) is 0 Å². The SMILES string of the molecule is CCCCC(CCCCCCCCC(C)C)OC(=O)c1ccccc1C(=O)O. The fourth-order valence-corrected chi connectivity index (χ4v) is 3.39. The van der Waals surface area contributed by atoms with Crippen LogP contribution in [0.3, 0.4) is 0 Å². The Kier molecular flexibility index (Phi) is 12.3. The first-order valence-electron chi connectivity index (χ1n) is 11.0. The summed E-state index contributed by atoms with van der Waals surface area (Å²) in [6.45, 7) is 6.66. The zero-order chi connectivity index (χ0) is 20.8. The molecule has 0 radical (unpaired) electrons. The summed E-state index contributed by atoms with van der Waals surface area (Å²) in [5.41, 5.74) is 0.143. The van der Waals surface area contributed by atoms with E-state index in [1.165, 1.54) is 44.2 Å².